The van der Waals surface area contributed by atoms with E-state index in [9.17, 15) is 10.2 Å². The van der Waals surface area contributed by atoms with Crippen molar-refractivity contribution in [2.75, 3.05) is 0 Å². The van der Waals surface area contributed by atoms with Gasteiger partial charge in [0.1, 0.15) is 12.2 Å². The molecule has 92 valence electrons. The predicted molar refractivity (Wildman–Crippen MR) is 60.8 cm³/mol. The van der Waals surface area contributed by atoms with Crippen LogP contribution in [-0.4, -0.2) is 37.2 Å². The third-order valence-corrected chi connectivity index (χ3v) is 3.12. The fraction of sp³-hybridized carbons (Fsp3) is 0.818. The summed E-state index contributed by atoms with van der Waals surface area (Å²) in [6.45, 7) is 4.04. The minimum atomic E-state index is -0.771. The highest BCUT2D eigenvalue weighted by atomic mass is 16.3. The number of aromatic nitrogens is 3. The first-order valence-corrected chi connectivity index (χ1v) is 5.79. The Balaban J connectivity index is 2.58. The monoisotopic (exact) mass is 227 g/mol. The molecular weight excluding hydrogens is 206 g/mol. The second-order valence-electron chi connectivity index (χ2n) is 4.14. The van der Waals surface area contributed by atoms with E-state index in [1.807, 2.05) is 13.8 Å². The summed E-state index contributed by atoms with van der Waals surface area (Å²) in [5, 5.41) is 23.8. The van der Waals surface area contributed by atoms with Gasteiger partial charge in [0.05, 0.1) is 12.2 Å². The van der Waals surface area contributed by atoms with Gasteiger partial charge in [0.2, 0.25) is 0 Å². The highest BCUT2D eigenvalue weighted by Gasteiger charge is 2.25. The number of aliphatic hydroxyl groups excluding tert-OH is 2. The summed E-state index contributed by atoms with van der Waals surface area (Å²) in [6, 6.07) is 0. The average molecular weight is 227 g/mol. The molecular formula is C11H21N3O2. The van der Waals surface area contributed by atoms with Gasteiger partial charge in [-0.25, -0.2) is 4.98 Å². The first kappa shape index (κ1) is 13.1. The van der Waals surface area contributed by atoms with E-state index in [2.05, 4.69) is 10.1 Å². The second kappa shape index (κ2) is 5.96. The fourth-order valence-corrected chi connectivity index (χ4v) is 1.90. The van der Waals surface area contributed by atoms with Gasteiger partial charge >= 0.3 is 0 Å². The van der Waals surface area contributed by atoms with Crippen molar-refractivity contribution in [3.8, 4) is 0 Å². The van der Waals surface area contributed by atoms with Gasteiger partial charge in [-0.3, -0.25) is 4.68 Å². The molecule has 1 aromatic rings. The Bertz CT molecular complexity index is 310. The van der Waals surface area contributed by atoms with Crippen LogP contribution in [0.4, 0.5) is 0 Å². The zero-order valence-electron chi connectivity index (χ0n) is 10.2. The number of hydrogen-bond acceptors (Lipinski definition) is 4. The Labute approximate surface area is 96.1 Å². The van der Waals surface area contributed by atoms with Crippen LogP contribution < -0.4 is 0 Å². The van der Waals surface area contributed by atoms with E-state index < -0.39 is 12.2 Å². The van der Waals surface area contributed by atoms with Crippen LogP contribution >= 0.6 is 0 Å². The SMILES string of the molecule is CCC(CC)C(O)C(O)Cc1ncnn1C. The molecule has 0 saturated heterocycles. The van der Waals surface area contributed by atoms with Crippen molar-refractivity contribution >= 4 is 0 Å². The maximum Gasteiger partial charge on any atom is 0.138 e. The lowest BCUT2D eigenvalue weighted by atomic mass is 9.91. The molecule has 0 radical (unpaired) electrons. The van der Waals surface area contributed by atoms with Gasteiger partial charge in [-0.2, -0.15) is 5.10 Å². The molecule has 0 aliphatic rings. The van der Waals surface area contributed by atoms with E-state index in [1.165, 1.54) is 6.33 Å². The fourth-order valence-electron chi connectivity index (χ4n) is 1.90. The summed E-state index contributed by atoms with van der Waals surface area (Å²) in [7, 11) is 1.78. The topological polar surface area (TPSA) is 71.2 Å². The van der Waals surface area contributed by atoms with Gasteiger partial charge < -0.3 is 10.2 Å². The normalized spacial score (nSPS) is 15.4. The molecule has 1 heterocycles. The van der Waals surface area contributed by atoms with Crippen molar-refractivity contribution in [3.05, 3.63) is 12.2 Å². The maximum absolute atomic E-state index is 9.96. The van der Waals surface area contributed by atoms with Crippen LogP contribution in [0.3, 0.4) is 0 Å². The lowest BCUT2D eigenvalue weighted by molar-refractivity contribution is -0.0200. The van der Waals surface area contributed by atoms with Crippen LogP contribution in [0, 0.1) is 5.92 Å². The Morgan fingerprint density at radius 1 is 1.31 bits per heavy atom. The minimum absolute atomic E-state index is 0.142. The zero-order chi connectivity index (χ0) is 12.1. The molecule has 0 amide bonds. The summed E-state index contributed by atoms with van der Waals surface area (Å²) in [5.74, 6) is 0.834. The van der Waals surface area contributed by atoms with Crippen LogP contribution in [0.15, 0.2) is 6.33 Å². The number of aliphatic hydroxyl groups is 2. The second-order valence-corrected chi connectivity index (χ2v) is 4.14. The highest BCUT2D eigenvalue weighted by Crippen LogP contribution is 2.17. The first-order chi connectivity index (χ1) is 7.60. The maximum atomic E-state index is 9.96. The van der Waals surface area contributed by atoms with Crippen LogP contribution in [0.2, 0.25) is 0 Å². The summed E-state index contributed by atoms with van der Waals surface area (Å²) >= 11 is 0. The van der Waals surface area contributed by atoms with E-state index in [1.54, 1.807) is 11.7 Å². The lowest BCUT2D eigenvalue weighted by Crippen LogP contribution is -2.35. The molecule has 0 fully saturated rings. The molecule has 0 spiro atoms. The average Bonchev–Trinajstić information content (AvgIpc) is 2.66. The number of aryl methyl sites for hydroxylation is 1. The van der Waals surface area contributed by atoms with Crippen LogP contribution in [0.1, 0.15) is 32.5 Å². The Morgan fingerprint density at radius 3 is 2.38 bits per heavy atom. The van der Waals surface area contributed by atoms with Gasteiger partial charge in [-0.1, -0.05) is 26.7 Å². The Hall–Kier alpha value is -0.940. The van der Waals surface area contributed by atoms with Gasteiger partial charge in [0, 0.05) is 13.5 Å². The van der Waals surface area contributed by atoms with Crippen molar-refractivity contribution in [3.63, 3.8) is 0 Å². The molecule has 0 bridgehead atoms. The van der Waals surface area contributed by atoms with Crippen molar-refractivity contribution in [1.82, 2.24) is 14.8 Å². The van der Waals surface area contributed by atoms with Crippen molar-refractivity contribution in [2.24, 2.45) is 13.0 Å². The first-order valence-electron chi connectivity index (χ1n) is 5.79. The standard InChI is InChI=1S/C11H21N3O2/c1-4-8(5-2)11(16)9(15)6-10-12-7-13-14(10)3/h7-9,11,15-16H,4-6H2,1-3H3. The van der Waals surface area contributed by atoms with E-state index in [0.29, 0.717) is 12.2 Å². The lowest BCUT2D eigenvalue weighted by Gasteiger charge is -2.24. The molecule has 1 aromatic heterocycles. The van der Waals surface area contributed by atoms with Crippen LogP contribution in [0.25, 0.3) is 0 Å². The summed E-state index contributed by atoms with van der Waals surface area (Å²) < 4.78 is 1.61. The smallest absolute Gasteiger partial charge is 0.138 e. The van der Waals surface area contributed by atoms with Crippen LogP contribution in [-0.2, 0) is 13.5 Å². The third-order valence-electron chi connectivity index (χ3n) is 3.12. The van der Waals surface area contributed by atoms with Crippen LogP contribution in [0.5, 0.6) is 0 Å². The van der Waals surface area contributed by atoms with E-state index in [-0.39, 0.29) is 5.92 Å². The van der Waals surface area contributed by atoms with E-state index >= 15 is 0 Å². The molecule has 1 rings (SSSR count). The van der Waals surface area contributed by atoms with Gasteiger partial charge in [0.25, 0.3) is 0 Å². The number of nitrogens with zero attached hydrogens (tertiary/aromatic N) is 3. The molecule has 2 unspecified atom stereocenters. The summed E-state index contributed by atoms with van der Waals surface area (Å²) in [4.78, 5) is 4.03. The van der Waals surface area contributed by atoms with E-state index in [4.69, 9.17) is 0 Å². The summed E-state index contributed by atoms with van der Waals surface area (Å²) in [6.07, 6.45) is 2.07. The number of hydrogen-bond donors (Lipinski definition) is 2. The van der Waals surface area contributed by atoms with Gasteiger partial charge in [-0.15, -0.1) is 0 Å². The molecule has 0 saturated carbocycles. The van der Waals surface area contributed by atoms with Gasteiger partial charge in [-0.05, 0) is 5.92 Å². The Kier molecular flexibility index (Phi) is 4.89. The molecule has 0 aliphatic carbocycles. The molecule has 2 atom stereocenters. The molecule has 5 nitrogen and oxygen atoms in total. The van der Waals surface area contributed by atoms with Crippen molar-refractivity contribution in [1.29, 1.82) is 0 Å². The molecule has 0 aliphatic heterocycles. The highest BCUT2D eigenvalue weighted by molar-refractivity contribution is 4.89. The van der Waals surface area contributed by atoms with Crippen molar-refractivity contribution in [2.45, 2.75) is 45.3 Å². The predicted octanol–water partition coefficient (Wildman–Crippen LogP) is 0.516. The Morgan fingerprint density at radius 2 is 1.94 bits per heavy atom. The molecule has 2 N–H and O–H groups in total. The van der Waals surface area contributed by atoms with E-state index in [0.717, 1.165) is 12.8 Å². The quantitative estimate of drug-likeness (QED) is 0.743. The molecule has 16 heavy (non-hydrogen) atoms. The van der Waals surface area contributed by atoms with Gasteiger partial charge in [0.15, 0.2) is 0 Å². The van der Waals surface area contributed by atoms with Crippen molar-refractivity contribution < 1.29 is 10.2 Å². The number of rotatable bonds is 6. The largest absolute Gasteiger partial charge is 0.390 e. The molecule has 5 heteroatoms. The zero-order valence-corrected chi connectivity index (χ0v) is 10.2. The molecule has 0 aromatic carbocycles. The third kappa shape index (κ3) is 3.02. The summed E-state index contributed by atoms with van der Waals surface area (Å²) in [5.41, 5.74) is 0. The minimum Gasteiger partial charge on any atom is -0.390 e.